The molecule has 0 unspecified atom stereocenters. The molecule has 0 saturated carbocycles. The molecule has 1 N–H and O–H groups in total. The van der Waals surface area contributed by atoms with Crippen LogP contribution in [0.25, 0.3) is 0 Å². The minimum Gasteiger partial charge on any atom is -0.385 e. The summed E-state index contributed by atoms with van der Waals surface area (Å²) in [6.45, 7) is 1.01. The van der Waals surface area contributed by atoms with Crippen molar-refractivity contribution in [3.8, 4) is 6.07 Å². The average molecular weight is 234 g/mol. The van der Waals surface area contributed by atoms with Crippen molar-refractivity contribution in [3.63, 3.8) is 0 Å². The van der Waals surface area contributed by atoms with Crippen molar-refractivity contribution in [3.05, 3.63) is 29.8 Å². The Morgan fingerprint density at radius 2 is 1.94 bits per heavy atom. The van der Waals surface area contributed by atoms with Crippen molar-refractivity contribution in [2.45, 2.75) is 19.3 Å². The lowest BCUT2D eigenvalue weighted by atomic mass is 10.2. The minimum absolute atomic E-state index is 0.713. The molecule has 0 radical (unpaired) electrons. The number of rotatable bonds is 7. The standard InChI is InChI=1S/C13H18N2S/c1-16-10-4-2-3-9-15-13-7-5-12(11-14)6-8-13/h5-8,15H,2-4,9-10H2,1H3. The van der Waals surface area contributed by atoms with Gasteiger partial charge in [0, 0.05) is 12.2 Å². The molecular formula is C13H18N2S. The first kappa shape index (κ1) is 12.9. The molecule has 0 bridgehead atoms. The molecule has 3 heteroatoms. The quantitative estimate of drug-likeness (QED) is 0.733. The number of hydrogen-bond acceptors (Lipinski definition) is 3. The van der Waals surface area contributed by atoms with Crippen LogP contribution in [0.1, 0.15) is 24.8 Å². The minimum atomic E-state index is 0.713. The van der Waals surface area contributed by atoms with E-state index < -0.39 is 0 Å². The Morgan fingerprint density at radius 1 is 1.19 bits per heavy atom. The van der Waals surface area contributed by atoms with E-state index in [1.54, 1.807) is 0 Å². The summed E-state index contributed by atoms with van der Waals surface area (Å²) < 4.78 is 0. The summed E-state index contributed by atoms with van der Waals surface area (Å²) in [5.74, 6) is 1.26. The third-order valence-corrected chi connectivity index (χ3v) is 3.07. The zero-order chi connectivity index (χ0) is 11.6. The summed E-state index contributed by atoms with van der Waals surface area (Å²) in [7, 11) is 0. The Labute approximate surface area is 102 Å². The second-order valence-corrected chi connectivity index (χ2v) is 4.65. The monoisotopic (exact) mass is 234 g/mol. The highest BCUT2D eigenvalue weighted by Crippen LogP contribution is 2.09. The van der Waals surface area contributed by atoms with Crippen LogP contribution >= 0.6 is 11.8 Å². The van der Waals surface area contributed by atoms with E-state index in [9.17, 15) is 0 Å². The Bertz CT molecular complexity index is 327. The number of anilines is 1. The first-order chi connectivity index (χ1) is 7.86. The lowest BCUT2D eigenvalue weighted by molar-refractivity contribution is 0.750. The van der Waals surface area contributed by atoms with Gasteiger partial charge in [-0.2, -0.15) is 17.0 Å². The normalized spacial score (nSPS) is 9.75. The maximum atomic E-state index is 8.65. The van der Waals surface area contributed by atoms with Crippen molar-refractivity contribution in [2.24, 2.45) is 0 Å². The molecule has 16 heavy (non-hydrogen) atoms. The Balaban J connectivity index is 2.15. The van der Waals surface area contributed by atoms with Crippen LogP contribution in [-0.4, -0.2) is 18.6 Å². The van der Waals surface area contributed by atoms with Gasteiger partial charge in [0.05, 0.1) is 11.6 Å². The first-order valence-corrected chi connectivity index (χ1v) is 6.99. The molecule has 1 aromatic carbocycles. The molecule has 86 valence electrons. The highest BCUT2D eigenvalue weighted by Gasteiger charge is 1.93. The van der Waals surface area contributed by atoms with Crippen molar-refractivity contribution in [1.29, 1.82) is 5.26 Å². The molecule has 1 aromatic rings. The fourth-order valence-electron chi connectivity index (χ4n) is 1.44. The van der Waals surface area contributed by atoms with Gasteiger partial charge in [0.2, 0.25) is 0 Å². The van der Waals surface area contributed by atoms with E-state index in [1.165, 1.54) is 25.0 Å². The largest absolute Gasteiger partial charge is 0.385 e. The predicted molar refractivity (Wildman–Crippen MR) is 71.9 cm³/mol. The van der Waals surface area contributed by atoms with Gasteiger partial charge in [0.1, 0.15) is 0 Å². The van der Waals surface area contributed by atoms with Crippen LogP contribution in [0.3, 0.4) is 0 Å². The number of thioether (sulfide) groups is 1. The third kappa shape index (κ3) is 5.09. The van der Waals surface area contributed by atoms with E-state index in [0.717, 1.165) is 12.2 Å². The summed E-state index contributed by atoms with van der Waals surface area (Å²) in [6.07, 6.45) is 5.94. The van der Waals surface area contributed by atoms with E-state index in [1.807, 2.05) is 36.0 Å². The van der Waals surface area contributed by atoms with Crippen LogP contribution in [0.15, 0.2) is 24.3 Å². The van der Waals surface area contributed by atoms with Gasteiger partial charge in [-0.3, -0.25) is 0 Å². The van der Waals surface area contributed by atoms with E-state index in [4.69, 9.17) is 5.26 Å². The molecule has 0 atom stereocenters. The molecule has 0 amide bonds. The predicted octanol–water partition coefficient (Wildman–Crippen LogP) is 3.50. The van der Waals surface area contributed by atoms with Gasteiger partial charge in [-0.1, -0.05) is 6.42 Å². The molecule has 2 nitrogen and oxygen atoms in total. The second kappa shape index (κ2) is 8.06. The van der Waals surface area contributed by atoms with Crippen molar-refractivity contribution < 1.29 is 0 Å². The van der Waals surface area contributed by atoms with E-state index in [-0.39, 0.29) is 0 Å². The Hall–Kier alpha value is -1.14. The summed E-state index contributed by atoms with van der Waals surface area (Å²) in [4.78, 5) is 0. The molecule has 0 aromatic heterocycles. The SMILES string of the molecule is CSCCCCCNc1ccc(C#N)cc1. The van der Waals surface area contributed by atoms with Crippen molar-refractivity contribution in [2.75, 3.05) is 23.9 Å². The molecular weight excluding hydrogens is 216 g/mol. The van der Waals surface area contributed by atoms with Crippen LogP contribution in [0, 0.1) is 11.3 Å². The summed E-state index contributed by atoms with van der Waals surface area (Å²) in [6, 6.07) is 9.72. The molecule has 0 aliphatic carbocycles. The number of benzene rings is 1. The summed E-state index contributed by atoms with van der Waals surface area (Å²) in [5.41, 5.74) is 1.81. The highest BCUT2D eigenvalue weighted by atomic mass is 32.2. The van der Waals surface area contributed by atoms with Gasteiger partial charge >= 0.3 is 0 Å². The van der Waals surface area contributed by atoms with Gasteiger partial charge in [-0.05, 0) is 49.1 Å². The van der Waals surface area contributed by atoms with E-state index >= 15 is 0 Å². The molecule has 0 saturated heterocycles. The van der Waals surface area contributed by atoms with Crippen LogP contribution in [0.5, 0.6) is 0 Å². The van der Waals surface area contributed by atoms with Gasteiger partial charge in [-0.25, -0.2) is 0 Å². The molecule has 0 aliphatic rings. The van der Waals surface area contributed by atoms with Crippen LogP contribution in [0.4, 0.5) is 5.69 Å². The summed E-state index contributed by atoms with van der Waals surface area (Å²) in [5, 5.41) is 12.0. The number of unbranched alkanes of at least 4 members (excludes halogenated alkanes) is 2. The van der Waals surface area contributed by atoms with Crippen molar-refractivity contribution >= 4 is 17.4 Å². The lowest BCUT2D eigenvalue weighted by Crippen LogP contribution is -2.01. The lowest BCUT2D eigenvalue weighted by Gasteiger charge is -2.05. The maximum Gasteiger partial charge on any atom is 0.0991 e. The van der Waals surface area contributed by atoms with Crippen molar-refractivity contribution in [1.82, 2.24) is 0 Å². The molecule has 0 fully saturated rings. The van der Waals surface area contributed by atoms with Crippen LogP contribution in [0.2, 0.25) is 0 Å². The third-order valence-electron chi connectivity index (χ3n) is 2.37. The van der Waals surface area contributed by atoms with Gasteiger partial charge in [-0.15, -0.1) is 0 Å². The number of hydrogen-bond donors (Lipinski definition) is 1. The maximum absolute atomic E-state index is 8.65. The molecule has 0 heterocycles. The second-order valence-electron chi connectivity index (χ2n) is 3.67. The molecule has 0 aliphatic heterocycles. The van der Waals surface area contributed by atoms with E-state index in [2.05, 4.69) is 17.6 Å². The summed E-state index contributed by atoms with van der Waals surface area (Å²) >= 11 is 1.91. The molecule has 1 rings (SSSR count). The van der Waals surface area contributed by atoms with E-state index in [0.29, 0.717) is 5.56 Å². The van der Waals surface area contributed by atoms with Gasteiger partial charge < -0.3 is 5.32 Å². The number of nitrogens with zero attached hydrogens (tertiary/aromatic N) is 1. The number of nitriles is 1. The fraction of sp³-hybridized carbons (Fsp3) is 0.462. The zero-order valence-electron chi connectivity index (χ0n) is 9.70. The van der Waals surface area contributed by atoms with Crippen LogP contribution in [-0.2, 0) is 0 Å². The average Bonchev–Trinajstić information content (AvgIpc) is 2.34. The smallest absolute Gasteiger partial charge is 0.0991 e. The topological polar surface area (TPSA) is 35.8 Å². The Morgan fingerprint density at radius 3 is 2.56 bits per heavy atom. The fourth-order valence-corrected chi connectivity index (χ4v) is 1.94. The zero-order valence-corrected chi connectivity index (χ0v) is 10.5. The Kier molecular flexibility index (Phi) is 6.52. The molecule has 0 spiro atoms. The van der Waals surface area contributed by atoms with Gasteiger partial charge in [0.15, 0.2) is 0 Å². The van der Waals surface area contributed by atoms with Gasteiger partial charge in [0.25, 0.3) is 0 Å². The number of nitrogens with one attached hydrogen (secondary N) is 1. The first-order valence-electron chi connectivity index (χ1n) is 5.60. The van der Waals surface area contributed by atoms with Crippen LogP contribution < -0.4 is 5.32 Å². The highest BCUT2D eigenvalue weighted by molar-refractivity contribution is 7.98.